The van der Waals surface area contributed by atoms with E-state index in [9.17, 15) is 0 Å². The molecule has 5 heteroatoms. The highest BCUT2D eigenvalue weighted by Gasteiger charge is 2.13. The lowest BCUT2D eigenvalue weighted by Crippen LogP contribution is -1.98. The predicted molar refractivity (Wildman–Crippen MR) is 147 cm³/mol. The van der Waals surface area contributed by atoms with Gasteiger partial charge in [0.05, 0.1) is 28.4 Å². The summed E-state index contributed by atoms with van der Waals surface area (Å²) in [6.45, 7) is 0. The van der Waals surface area contributed by atoms with E-state index in [0.717, 1.165) is 42.7 Å². The maximum absolute atomic E-state index is 6.39. The van der Waals surface area contributed by atoms with E-state index in [2.05, 4.69) is 36.4 Å². The third kappa shape index (κ3) is 6.98. The molecule has 5 nitrogen and oxygen atoms in total. The van der Waals surface area contributed by atoms with Gasteiger partial charge in [0.15, 0.2) is 23.0 Å². The van der Waals surface area contributed by atoms with Crippen LogP contribution in [-0.4, -0.2) is 28.4 Å². The van der Waals surface area contributed by atoms with Gasteiger partial charge in [-0.1, -0.05) is 36.4 Å². The topological polar surface area (TPSA) is 46.2 Å². The molecule has 0 aliphatic carbocycles. The van der Waals surface area contributed by atoms with Gasteiger partial charge in [0.25, 0.3) is 0 Å². The van der Waals surface area contributed by atoms with Crippen molar-refractivity contribution < 1.29 is 23.7 Å². The van der Waals surface area contributed by atoms with Crippen molar-refractivity contribution in [1.29, 1.82) is 0 Å². The van der Waals surface area contributed by atoms with Gasteiger partial charge < -0.3 is 23.7 Å². The molecule has 0 aliphatic rings. The normalized spacial score (nSPS) is 10.6. The maximum Gasteiger partial charge on any atom is 0.169 e. The van der Waals surface area contributed by atoms with E-state index in [-0.39, 0.29) is 0 Å². The summed E-state index contributed by atoms with van der Waals surface area (Å²) in [6, 6.07) is 28.5. The van der Waals surface area contributed by atoms with Gasteiger partial charge >= 0.3 is 0 Å². The van der Waals surface area contributed by atoms with Crippen LogP contribution in [0.2, 0.25) is 0 Å². The van der Waals surface area contributed by atoms with Gasteiger partial charge in [0, 0.05) is 0 Å². The van der Waals surface area contributed by atoms with Crippen LogP contribution >= 0.6 is 0 Å². The van der Waals surface area contributed by atoms with E-state index < -0.39 is 0 Å². The number of ether oxygens (including phenoxy) is 5. The lowest BCUT2D eigenvalue weighted by molar-refractivity contribution is 0.356. The minimum absolute atomic E-state index is 0.663. The number of methoxy groups -OCH3 is 4. The second kappa shape index (κ2) is 12.7. The number of rotatable bonds is 12. The summed E-state index contributed by atoms with van der Waals surface area (Å²) >= 11 is 0. The molecule has 37 heavy (non-hydrogen) atoms. The zero-order valence-electron chi connectivity index (χ0n) is 22.0. The smallest absolute Gasteiger partial charge is 0.169 e. The molecule has 0 amide bonds. The van der Waals surface area contributed by atoms with Crippen LogP contribution < -0.4 is 23.7 Å². The fraction of sp³-hybridized carbons (Fsp3) is 0.250. The first-order valence-corrected chi connectivity index (χ1v) is 12.4. The quantitative estimate of drug-likeness (QED) is 0.209. The summed E-state index contributed by atoms with van der Waals surface area (Å²) < 4.78 is 28.2. The van der Waals surface area contributed by atoms with Crippen LogP contribution in [0.4, 0.5) is 0 Å². The Balaban J connectivity index is 1.49. The molecule has 0 atom stereocenters. The summed E-state index contributed by atoms with van der Waals surface area (Å²) in [4.78, 5) is 0. The average Bonchev–Trinajstić information content (AvgIpc) is 2.95. The van der Waals surface area contributed by atoms with E-state index in [4.69, 9.17) is 23.7 Å². The summed E-state index contributed by atoms with van der Waals surface area (Å²) in [5.74, 6) is 4.42. The summed E-state index contributed by atoms with van der Waals surface area (Å²) in [5.41, 5.74) is 4.81. The summed E-state index contributed by atoms with van der Waals surface area (Å²) in [7, 11) is 6.68. The van der Waals surface area contributed by atoms with Gasteiger partial charge in [-0.15, -0.1) is 0 Å². The molecule has 0 N–H and O–H groups in total. The van der Waals surface area contributed by atoms with Crippen LogP contribution in [-0.2, 0) is 25.7 Å². The minimum Gasteiger partial charge on any atom is -0.497 e. The third-order valence-corrected chi connectivity index (χ3v) is 6.37. The SMILES string of the molecule is COc1ccc(CCc2ccc(OC)c(Oc3cc(CCc4cccc(OC)c4)ccc3OC)c2)cc1. The molecular weight excluding hydrogens is 464 g/mol. The van der Waals surface area contributed by atoms with Gasteiger partial charge in [-0.3, -0.25) is 0 Å². The van der Waals surface area contributed by atoms with Crippen molar-refractivity contribution in [2.24, 2.45) is 0 Å². The van der Waals surface area contributed by atoms with Crippen molar-refractivity contribution in [2.45, 2.75) is 25.7 Å². The Morgan fingerprint density at radius 3 is 1.41 bits per heavy atom. The highest BCUT2D eigenvalue weighted by atomic mass is 16.5. The van der Waals surface area contributed by atoms with Crippen LogP contribution in [0.25, 0.3) is 0 Å². The number of benzene rings is 4. The Labute approximate surface area is 219 Å². The van der Waals surface area contributed by atoms with E-state index >= 15 is 0 Å². The lowest BCUT2D eigenvalue weighted by atomic mass is 10.0. The molecule has 0 aromatic heterocycles. The monoisotopic (exact) mass is 498 g/mol. The second-order valence-electron chi connectivity index (χ2n) is 8.77. The molecule has 4 aromatic rings. The van der Waals surface area contributed by atoms with Crippen molar-refractivity contribution >= 4 is 0 Å². The van der Waals surface area contributed by atoms with Gasteiger partial charge in [-0.2, -0.15) is 0 Å². The Hall–Kier alpha value is -4.12. The summed E-state index contributed by atoms with van der Waals surface area (Å²) in [5, 5.41) is 0. The molecule has 0 saturated heterocycles. The number of hydrogen-bond donors (Lipinski definition) is 0. The molecule has 4 rings (SSSR count). The fourth-order valence-corrected chi connectivity index (χ4v) is 4.23. The molecule has 0 heterocycles. The van der Waals surface area contributed by atoms with E-state index in [0.29, 0.717) is 23.0 Å². The van der Waals surface area contributed by atoms with Crippen molar-refractivity contribution in [3.8, 4) is 34.5 Å². The maximum atomic E-state index is 6.39. The van der Waals surface area contributed by atoms with Gasteiger partial charge in [-0.25, -0.2) is 0 Å². The highest BCUT2D eigenvalue weighted by molar-refractivity contribution is 5.50. The summed E-state index contributed by atoms with van der Waals surface area (Å²) in [6.07, 6.45) is 3.56. The van der Waals surface area contributed by atoms with Crippen LogP contribution in [0, 0.1) is 0 Å². The van der Waals surface area contributed by atoms with Crippen LogP contribution in [0.15, 0.2) is 84.9 Å². The molecule has 0 saturated carbocycles. The van der Waals surface area contributed by atoms with Crippen LogP contribution in [0.5, 0.6) is 34.5 Å². The zero-order valence-corrected chi connectivity index (χ0v) is 22.0. The average molecular weight is 499 g/mol. The zero-order chi connectivity index (χ0) is 26.0. The largest absolute Gasteiger partial charge is 0.497 e. The number of hydrogen-bond acceptors (Lipinski definition) is 5. The predicted octanol–water partition coefficient (Wildman–Crippen LogP) is 7.08. The molecule has 192 valence electrons. The first-order chi connectivity index (χ1) is 18.1. The molecule has 0 spiro atoms. The molecule has 0 radical (unpaired) electrons. The van der Waals surface area contributed by atoms with Crippen molar-refractivity contribution in [3.05, 3.63) is 107 Å². The molecule has 0 aliphatic heterocycles. The minimum atomic E-state index is 0.663. The Morgan fingerprint density at radius 2 is 0.892 bits per heavy atom. The van der Waals surface area contributed by atoms with Gasteiger partial charge in [0.1, 0.15) is 11.5 Å². The first-order valence-electron chi connectivity index (χ1n) is 12.4. The molecule has 0 bridgehead atoms. The molecular formula is C32H34O5. The van der Waals surface area contributed by atoms with Crippen molar-refractivity contribution in [3.63, 3.8) is 0 Å². The first kappa shape index (κ1) is 26.0. The van der Waals surface area contributed by atoms with E-state index in [1.165, 1.54) is 16.7 Å². The Bertz CT molecular complexity index is 1300. The standard InChI is InChI=1S/C32H34O5/c1-33-27-16-12-23(13-17-27)8-9-25-14-18-29(35-3)31(21-25)37-32-22-26(15-19-30(32)36-4)11-10-24-6-5-7-28(20-24)34-2/h5-7,12-22H,8-11H2,1-4H3. The third-order valence-electron chi connectivity index (χ3n) is 6.37. The van der Waals surface area contributed by atoms with Crippen molar-refractivity contribution in [2.75, 3.05) is 28.4 Å². The van der Waals surface area contributed by atoms with E-state index in [1.807, 2.05) is 48.5 Å². The van der Waals surface area contributed by atoms with Crippen LogP contribution in [0.1, 0.15) is 22.3 Å². The molecule has 4 aromatic carbocycles. The second-order valence-corrected chi connectivity index (χ2v) is 8.77. The van der Waals surface area contributed by atoms with Gasteiger partial charge in [-0.05, 0) is 96.5 Å². The van der Waals surface area contributed by atoms with Crippen LogP contribution in [0.3, 0.4) is 0 Å². The van der Waals surface area contributed by atoms with E-state index in [1.54, 1.807) is 28.4 Å². The molecule has 0 unspecified atom stereocenters. The van der Waals surface area contributed by atoms with Gasteiger partial charge in [0.2, 0.25) is 0 Å². The fourth-order valence-electron chi connectivity index (χ4n) is 4.23. The molecule has 0 fully saturated rings. The van der Waals surface area contributed by atoms with Crippen molar-refractivity contribution in [1.82, 2.24) is 0 Å². The Morgan fingerprint density at radius 1 is 0.405 bits per heavy atom. The lowest BCUT2D eigenvalue weighted by Gasteiger charge is -2.15. The highest BCUT2D eigenvalue weighted by Crippen LogP contribution is 2.38. The number of aryl methyl sites for hydroxylation is 4. The Kier molecular flexibility index (Phi) is 8.93.